The molecule has 10 heavy (non-hydrogen) atoms. The van der Waals surface area contributed by atoms with Gasteiger partial charge in [-0.2, -0.15) is 0 Å². The van der Waals surface area contributed by atoms with Crippen LogP contribution in [0.2, 0.25) is 0 Å². The average molecular weight is 167 g/mol. The highest BCUT2D eigenvalue weighted by Crippen LogP contribution is 2.22. The molecular formula is C5H10FNO2S. The lowest BCUT2D eigenvalue weighted by Crippen LogP contribution is -2.44. The number of nitrogens with two attached hydrogens (primary N) is 1. The predicted octanol–water partition coefficient (Wildman–Crippen LogP) is -0.672. The van der Waals surface area contributed by atoms with Crippen LogP contribution < -0.4 is 5.73 Å². The van der Waals surface area contributed by atoms with Crippen LogP contribution in [-0.2, 0) is 9.84 Å². The number of rotatable bonds is 2. The summed E-state index contributed by atoms with van der Waals surface area (Å²) in [6.07, 6.45) is -1.14. The van der Waals surface area contributed by atoms with Gasteiger partial charge in [-0.25, -0.2) is 12.8 Å². The van der Waals surface area contributed by atoms with Gasteiger partial charge in [-0.15, -0.1) is 0 Å². The quantitative estimate of drug-likeness (QED) is 0.593. The van der Waals surface area contributed by atoms with E-state index in [4.69, 9.17) is 5.73 Å². The third kappa shape index (κ3) is 1.46. The molecule has 0 spiro atoms. The van der Waals surface area contributed by atoms with Crippen molar-refractivity contribution in [2.45, 2.75) is 6.17 Å². The molecular weight excluding hydrogens is 157 g/mol. The molecule has 1 saturated heterocycles. The Morgan fingerprint density at radius 2 is 2.10 bits per heavy atom. The Morgan fingerprint density at radius 3 is 2.40 bits per heavy atom. The molecule has 3 nitrogen and oxygen atoms in total. The molecule has 1 aliphatic heterocycles. The minimum absolute atomic E-state index is 0.0225. The maximum atomic E-state index is 12.5. The van der Waals surface area contributed by atoms with Gasteiger partial charge >= 0.3 is 0 Å². The summed E-state index contributed by atoms with van der Waals surface area (Å²) < 4.78 is 33.6. The predicted molar refractivity (Wildman–Crippen MR) is 36.1 cm³/mol. The third-order valence-corrected chi connectivity index (χ3v) is 3.54. The van der Waals surface area contributed by atoms with E-state index in [0.717, 1.165) is 0 Å². The summed E-state index contributed by atoms with van der Waals surface area (Å²) in [6.45, 7) is -0.0693. The van der Waals surface area contributed by atoms with Gasteiger partial charge in [-0.05, 0) is 0 Å². The zero-order valence-corrected chi connectivity index (χ0v) is 6.27. The Hall–Kier alpha value is -0.160. The Morgan fingerprint density at radius 1 is 1.60 bits per heavy atom. The summed E-state index contributed by atoms with van der Waals surface area (Å²) in [5.41, 5.74) is 5.00. The first kappa shape index (κ1) is 7.94. The number of hydrogen-bond donors (Lipinski definition) is 1. The van der Waals surface area contributed by atoms with Crippen LogP contribution >= 0.6 is 0 Å². The van der Waals surface area contributed by atoms with Crippen LogP contribution in [0.3, 0.4) is 0 Å². The van der Waals surface area contributed by atoms with Crippen LogP contribution in [0.25, 0.3) is 0 Å². The van der Waals surface area contributed by atoms with Crippen LogP contribution in [-0.4, -0.2) is 32.6 Å². The molecule has 0 aromatic heterocycles. The van der Waals surface area contributed by atoms with Crippen molar-refractivity contribution in [2.24, 2.45) is 11.7 Å². The Balaban J connectivity index is 2.40. The Labute approximate surface area is 59.3 Å². The van der Waals surface area contributed by atoms with Gasteiger partial charge in [-0.1, -0.05) is 0 Å². The summed E-state index contributed by atoms with van der Waals surface area (Å²) in [7, 11) is -2.88. The highest BCUT2D eigenvalue weighted by atomic mass is 32.2. The van der Waals surface area contributed by atoms with Crippen LogP contribution in [0.1, 0.15) is 0 Å². The summed E-state index contributed by atoms with van der Waals surface area (Å²) in [4.78, 5) is 0. The summed E-state index contributed by atoms with van der Waals surface area (Å²) in [5.74, 6) is -0.383. The molecule has 0 aromatic carbocycles. The first-order valence-corrected chi connectivity index (χ1v) is 4.92. The molecule has 1 rings (SSSR count). The second-order valence-electron chi connectivity index (χ2n) is 2.59. The van der Waals surface area contributed by atoms with Crippen molar-refractivity contribution in [3.8, 4) is 0 Å². The van der Waals surface area contributed by atoms with Gasteiger partial charge in [0.15, 0.2) is 9.84 Å². The van der Waals surface area contributed by atoms with Crippen molar-refractivity contribution in [1.82, 2.24) is 0 Å². The van der Waals surface area contributed by atoms with Crippen molar-refractivity contribution < 1.29 is 12.8 Å². The highest BCUT2D eigenvalue weighted by Gasteiger charge is 2.38. The normalized spacial score (nSPS) is 27.4. The second kappa shape index (κ2) is 2.47. The van der Waals surface area contributed by atoms with Gasteiger partial charge < -0.3 is 5.73 Å². The van der Waals surface area contributed by atoms with Gasteiger partial charge in [0, 0.05) is 12.5 Å². The fourth-order valence-electron chi connectivity index (χ4n) is 1.00. The number of alkyl halides is 1. The molecule has 1 aliphatic rings. The van der Waals surface area contributed by atoms with Crippen molar-refractivity contribution in [2.75, 3.05) is 18.1 Å². The molecule has 1 heterocycles. The van der Waals surface area contributed by atoms with Crippen LogP contribution in [0.5, 0.6) is 0 Å². The molecule has 0 bridgehead atoms. The lowest BCUT2D eigenvalue weighted by atomic mass is 10.1. The van der Waals surface area contributed by atoms with E-state index in [-0.39, 0.29) is 24.0 Å². The van der Waals surface area contributed by atoms with E-state index >= 15 is 0 Å². The van der Waals surface area contributed by atoms with E-state index in [0.29, 0.717) is 0 Å². The average Bonchev–Trinajstić information content (AvgIpc) is 1.81. The Bertz CT molecular complexity index is 202. The number of halogens is 1. The largest absolute Gasteiger partial charge is 0.328 e. The van der Waals surface area contributed by atoms with Crippen molar-refractivity contribution in [3.63, 3.8) is 0 Å². The first-order chi connectivity index (χ1) is 4.55. The fourth-order valence-corrected chi connectivity index (χ4v) is 2.63. The lowest BCUT2D eigenvalue weighted by molar-refractivity contribution is 0.254. The van der Waals surface area contributed by atoms with Gasteiger partial charge in [-0.3, -0.25) is 0 Å². The smallest absolute Gasteiger partial charge is 0.151 e. The number of sulfone groups is 1. The summed E-state index contributed by atoms with van der Waals surface area (Å²) in [6, 6.07) is 0. The molecule has 0 radical (unpaired) electrons. The number of hydrogen-bond acceptors (Lipinski definition) is 3. The monoisotopic (exact) mass is 167 g/mol. The standard InChI is InChI=1S/C5H10FNO2S/c6-5(1-7)4-2-10(8,9)3-4/h4-5H,1-3,7H2. The minimum Gasteiger partial charge on any atom is -0.328 e. The molecule has 0 amide bonds. The van der Waals surface area contributed by atoms with Crippen LogP contribution in [0.15, 0.2) is 0 Å². The maximum absolute atomic E-state index is 12.5. The van der Waals surface area contributed by atoms with E-state index in [2.05, 4.69) is 0 Å². The molecule has 1 atom stereocenters. The molecule has 0 saturated carbocycles. The van der Waals surface area contributed by atoms with Crippen molar-refractivity contribution in [3.05, 3.63) is 0 Å². The zero-order chi connectivity index (χ0) is 7.78. The molecule has 60 valence electrons. The Kier molecular flexibility index (Phi) is 1.96. The van der Waals surface area contributed by atoms with Gasteiger partial charge in [0.1, 0.15) is 6.17 Å². The molecule has 1 unspecified atom stereocenters. The van der Waals surface area contributed by atoms with E-state index in [9.17, 15) is 12.8 Å². The highest BCUT2D eigenvalue weighted by molar-refractivity contribution is 7.92. The van der Waals surface area contributed by atoms with E-state index < -0.39 is 16.0 Å². The molecule has 0 aromatic rings. The van der Waals surface area contributed by atoms with Crippen LogP contribution in [0.4, 0.5) is 4.39 Å². The van der Waals surface area contributed by atoms with E-state index in [1.807, 2.05) is 0 Å². The molecule has 5 heteroatoms. The lowest BCUT2D eigenvalue weighted by Gasteiger charge is -2.27. The topological polar surface area (TPSA) is 60.2 Å². The minimum atomic E-state index is -2.88. The first-order valence-electron chi connectivity index (χ1n) is 3.10. The molecule has 2 N–H and O–H groups in total. The SMILES string of the molecule is NCC(F)C1CS(=O)(=O)C1. The zero-order valence-electron chi connectivity index (χ0n) is 5.46. The van der Waals surface area contributed by atoms with E-state index in [1.165, 1.54) is 0 Å². The van der Waals surface area contributed by atoms with E-state index in [1.54, 1.807) is 0 Å². The summed E-state index contributed by atoms with van der Waals surface area (Å²) >= 11 is 0. The van der Waals surface area contributed by atoms with Crippen molar-refractivity contribution in [1.29, 1.82) is 0 Å². The molecule has 1 fully saturated rings. The molecule has 0 aliphatic carbocycles. The van der Waals surface area contributed by atoms with Crippen LogP contribution in [0, 0.1) is 5.92 Å². The van der Waals surface area contributed by atoms with Gasteiger partial charge in [0.25, 0.3) is 0 Å². The van der Waals surface area contributed by atoms with Gasteiger partial charge in [0.05, 0.1) is 11.5 Å². The summed E-state index contributed by atoms with van der Waals surface area (Å²) in [5, 5.41) is 0. The maximum Gasteiger partial charge on any atom is 0.151 e. The van der Waals surface area contributed by atoms with Gasteiger partial charge in [0.2, 0.25) is 0 Å². The van der Waals surface area contributed by atoms with Crippen molar-refractivity contribution >= 4 is 9.84 Å². The second-order valence-corrected chi connectivity index (χ2v) is 4.74. The fraction of sp³-hybridized carbons (Fsp3) is 1.00. The third-order valence-electron chi connectivity index (χ3n) is 1.67.